The minimum atomic E-state index is 0.594. The fourth-order valence-corrected chi connectivity index (χ4v) is 3.14. The van der Waals surface area contributed by atoms with Crippen LogP contribution < -0.4 is 9.64 Å². The molecule has 25 heavy (non-hydrogen) atoms. The van der Waals surface area contributed by atoms with Gasteiger partial charge in [0, 0.05) is 24.3 Å². The Kier molecular flexibility index (Phi) is 4.51. The van der Waals surface area contributed by atoms with Crippen molar-refractivity contribution in [3.05, 3.63) is 102 Å². The summed E-state index contributed by atoms with van der Waals surface area (Å²) in [4.78, 5) is 2.39. The van der Waals surface area contributed by atoms with Crippen LogP contribution in [0.4, 0.5) is 5.69 Å². The van der Waals surface area contributed by atoms with Gasteiger partial charge in [0.1, 0.15) is 12.4 Å². The highest BCUT2D eigenvalue weighted by molar-refractivity contribution is 5.72. The number of rotatable bonds is 5. The van der Waals surface area contributed by atoms with E-state index in [0.717, 1.165) is 18.8 Å². The number of fused-ring (bicyclic) bond motifs is 1. The molecule has 1 aliphatic heterocycles. The molecule has 1 heterocycles. The number of hydrogen-bond donors (Lipinski definition) is 0. The van der Waals surface area contributed by atoms with Gasteiger partial charge >= 0.3 is 0 Å². The van der Waals surface area contributed by atoms with E-state index < -0.39 is 0 Å². The van der Waals surface area contributed by atoms with Crippen molar-refractivity contribution in [1.82, 2.24) is 0 Å². The van der Waals surface area contributed by atoms with E-state index in [1.807, 2.05) is 18.2 Å². The third-order valence-corrected chi connectivity index (χ3v) is 4.43. The zero-order chi connectivity index (χ0) is 16.9. The normalized spacial score (nSPS) is 12.7. The molecule has 0 spiro atoms. The Morgan fingerprint density at radius 1 is 0.800 bits per heavy atom. The number of hydrogen-bond acceptors (Lipinski definition) is 2. The van der Waals surface area contributed by atoms with Crippen LogP contribution in [0.3, 0.4) is 0 Å². The number of benzene rings is 3. The van der Waals surface area contributed by atoms with E-state index in [1.54, 1.807) is 0 Å². The van der Waals surface area contributed by atoms with Crippen molar-refractivity contribution in [2.45, 2.75) is 13.2 Å². The first-order valence-corrected chi connectivity index (χ1v) is 8.65. The van der Waals surface area contributed by atoms with Crippen LogP contribution in [0.5, 0.6) is 5.75 Å². The minimum Gasteiger partial charge on any atom is -0.489 e. The SMILES string of the molecule is C1=Cc2cc(OCc3ccccc3)ccc2N(Cc2ccccc2)C1. The number of anilines is 1. The predicted octanol–water partition coefficient (Wildman–Crippen LogP) is 5.30. The molecule has 1 aliphatic rings. The van der Waals surface area contributed by atoms with Gasteiger partial charge in [-0.05, 0) is 29.3 Å². The van der Waals surface area contributed by atoms with Crippen molar-refractivity contribution in [3.63, 3.8) is 0 Å². The van der Waals surface area contributed by atoms with Gasteiger partial charge < -0.3 is 9.64 Å². The summed E-state index contributed by atoms with van der Waals surface area (Å²) in [6.07, 6.45) is 4.40. The third-order valence-electron chi connectivity index (χ3n) is 4.43. The van der Waals surface area contributed by atoms with Gasteiger partial charge in [0.05, 0.1) is 0 Å². The molecule has 0 atom stereocenters. The van der Waals surface area contributed by atoms with Crippen molar-refractivity contribution in [2.75, 3.05) is 11.4 Å². The van der Waals surface area contributed by atoms with Gasteiger partial charge in [-0.1, -0.05) is 72.8 Å². The van der Waals surface area contributed by atoms with Crippen molar-refractivity contribution in [3.8, 4) is 5.75 Å². The Bertz CT molecular complexity index is 856. The molecule has 0 radical (unpaired) electrons. The maximum absolute atomic E-state index is 5.96. The zero-order valence-electron chi connectivity index (χ0n) is 14.1. The summed E-state index contributed by atoms with van der Waals surface area (Å²) in [5.41, 5.74) is 4.99. The molecule has 2 heteroatoms. The smallest absolute Gasteiger partial charge is 0.120 e. The largest absolute Gasteiger partial charge is 0.489 e. The van der Waals surface area contributed by atoms with Gasteiger partial charge in [-0.3, -0.25) is 0 Å². The lowest BCUT2D eigenvalue weighted by molar-refractivity contribution is 0.306. The minimum absolute atomic E-state index is 0.594. The quantitative estimate of drug-likeness (QED) is 0.630. The summed E-state index contributed by atoms with van der Waals surface area (Å²) in [5.74, 6) is 0.911. The molecule has 0 unspecified atom stereocenters. The Labute approximate surface area is 149 Å². The molecular weight excluding hydrogens is 306 g/mol. The maximum Gasteiger partial charge on any atom is 0.120 e. The van der Waals surface area contributed by atoms with E-state index in [1.165, 1.54) is 22.4 Å². The number of nitrogens with zero attached hydrogens (tertiary/aromatic N) is 1. The Balaban J connectivity index is 1.49. The Hall–Kier alpha value is -3.00. The molecule has 124 valence electrons. The molecular formula is C23H21NO. The standard InChI is InChI=1S/C23H21NO/c1-3-8-19(9-4-1)17-24-15-7-12-21-16-22(13-14-23(21)24)25-18-20-10-5-2-6-11-20/h1-14,16H,15,17-18H2. The van der Waals surface area contributed by atoms with Gasteiger partial charge in [0.2, 0.25) is 0 Å². The second-order valence-corrected chi connectivity index (χ2v) is 6.26. The highest BCUT2D eigenvalue weighted by Crippen LogP contribution is 2.31. The van der Waals surface area contributed by atoms with Gasteiger partial charge in [-0.25, -0.2) is 0 Å². The maximum atomic E-state index is 5.96. The summed E-state index contributed by atoms with van der Waals surface area (Å²) in [6.45, 7) is 2.45. The van der Waals surface area contributed by atoms with Gasteiger partial charge in [-0.2, -0.15) is 0 Å². The molecule has 2 nitrogen and oxygen atoms in total. The van der Waals surface area contributed by atoms with Crippen LogP contribution in [-0.4, -0.2) is 6.54 Å². The van der Waals surface area contributed by atoms with E-state index in [2.05, 4.69) is 77.7 Å². The highest BCUT2D eigenvalue weighted by atomic mass is 16.5. The molecule has 0 saturated carbocycles. The second-order valence-electron chi connectivity index (χ2n) is 6.26. The van der Waals surface area contributed by atoms with Crippen LogP contribution >= 0.6 is 0 Å². The molecule has 0 saturated heterocycles. The Morgan fingerprint density at radius 3 is 2.28 bits per heavy atom. The van der Waals surface area contributed by atoms with Crippen molar-refractivity contribution >= 4 is 11.8 Å². The molecule has 3 aromatic carbocycles. The summed E-state index contributed by atoms with van der Waals surface area (Å²) in [5, 5.41) is 0. The fourth-order valence-electron chi connectivity index (χ4n) is 3.14. The van der Waals surface area contributed by atoms with E-state index in [-0.39, 0.29) is 0 Å². The summed E-state index contributed by atoms with van der Waals surface area (Å²) < 4.78 is 5.96. The molecule has 0 N–H and O–H groups in total. The highest BCUT2D eigenvalue weighted by Gasteiger charge is 2.14. The van der Waals surface area contributed by atoms with Crippen molar-refractivity contribution in [2.24, 2.45) is 0 Å². The lowest BCUT2D eigenvalue weighted by Gasteiger charge is -2.28. The summed E-state index contributed by atoms with van der Waals surface area (Å²) in [6, 6.07) is 27.2. The molecule has 0 aromatic heterocycles. The van der Waals surface area contributed by atoms with Gasteiger partial charge in [0.15, 0.2) is 0 Å². The van der Waals surface area contributed by atoms with Crippen molar-refractivity contribution in [1.29, 1.82) is 0 Å². The average molecular weight is 327 g/mol. The average Bonchev–Trinajstić information content (AvgIpc) is 2.68. The van der Waals surface area contributed by atoms with Crippen LogP contribution in [0.2, 0.25) is 0 Å². The Morgan fingerprint density at radius 2 is 1.52 bits per heavy atom. The monoisotopic (exact) mass is 327 g/mol. The predicted molar refractivity (Wildman–Crippen MR) is 104 cm³/mol. The zero-order valence-corrected chi connectivity index (χ0v) is 14.1. The van der Waals surface area contributed by atoms with Crippen LogP contribution in [0.15, 0.2) is 84.9 Å². The van der Waals surface area contributed by atoms with Crippen molar-refractivity contribution < 1.29 is 4.74 Å². The lowest BCUT2D eigenvalue weighted by atomic mass is 10.1. The first kappa shape index (κ1) is 15.5. The molecule has 3 aromatic rings. The van der Waals surface area contributed by atoms with Gasteiger partial charge in [-0.15, -0.1) is 0 Å². The third kappa shape index (κ3) is 3.74. The molecule has 4 rings (SSSR count). The van der Waals surface area contributed by atoms with E-state index in [4.69, 9.17) is 4.74 Å². The number of ether oxygens (including phenoxy) is 1. The second kappa shape index (κ2) is 7.27. The van der Waals surface area contributed by atoms with Crippen LogP contribution in [0.25, 0.3) is 6.08 Å². The first-order valence-electron chi connectivity index (χ1n) is 8.65. The molecule has 0 bridgehead atoms. The van der Waals surface area contributed by atoms with Gasteiger partial charge in [0.25, 0.3) is 0 Å². The summed E-state index contributed by atoms with van der Waals surface area (Å²) in [7, 11) is 0. The van der Waals surface area contributed by atoms with E-state index in [9.17, 15) is 0 Å². The van der Waals surface area contributed by atoms with Crippen LogP contribution in [-0.2, 0) is 13.2 Å². The van der Waals surface area contributed by atoms with E-state index >= 15 is 0 Å². The lowest BCUT2D eigenvalue weighted by Crippen LogP contribution is -2.25. The van der Waals surface area contributed by atoms with Crippen LogP contribution in [0.1, 0.15) is 16.7 Å². The fraction of sp³-hybridized carbons (Fsp3) is 0.130. The molecule has 0 fully saturated rings. The summed E-state index contributed by atoms with van der Waals surface area (Å²) >= 11 is 0. The van der Waals surface area contributed by atoms with Crippen LogP contribution in [0, 0.1) is 0 Å². The van der Waals surface area contributed by atoms with E-state index in [0.29, 0.717) is 6.61 Å². The first-order chi connectivity index (χ1) is 12.4. The topological polar surface area (TPSA) is 12.5 Å². The molecule has 0 amide bonds. The molecule has 0 aliphatic carbocycles.